The van der Waals surface area contributed by atoms with Gasteiger partial charge in [0.25, 0.3) is 0 Å². The summed E-state index contributed by atoms with van der Waals surface area (Å²) < 4.78 is 9.78. The summed E-state index contributed by atoms with van der Waals surface area (Å²) in [5.74, 6) is -0.965. The molecule has 1 amide bonds. The molecule has 0 spiro atoms. The van der Waals surface area contributed by atoms with Crippen LogP contribution in [0.15, 0.2) is 0 Å². The van der Waals surface area contributed by atoms with Gasteiger partial charge in [-0.2, -0.15) is 0 Å². The molecule has 0 aliphatic heterocycles. The third-order valence-electron chi connectivity index (χ3n) is 3.53. The minimum atomic E-state index is -0.491. The number of hydrogen-bond donors (Lipinski definition) is 1. The molecule has 7 heteroatoms. The van der Waals surface area contributed by atoms with E-state index in [0.717, 1.165) is 0 Å². The molecule has 0 saturated carbocycles. The number of rotatable bonds is 8. The van der Waals surface area contributed by atoms with Gasteiger partial charge in [0.2, 0.25) is 5.91 Å². The Kier molecular flexibility index (Phi) is 6.96. The molecule has 0 aromatic carbocycles. The highest BCUT2D eigenvalue weighted by Gasteiger charge is 2.24. The summed E-state index contributed by atoms with van der Waals surface area (Å²) >= 11 is 0. The van der Waals surface area contributed by atoms with E-state index in [0.29, 0.717) is 23.4 Å². The van der Waals surface area contributed by atoms with E-state index in [-0.39, 0.29) is 37.1 Å². The number of hydrogen-bond acceptors (Lipinski definition) is 5. The first-order valence-corrected chi connectivity index (χ1v) is 7.53. The minimum absolute atomic E-state index is 0.0551. The molecule has 128 valence electrons. The Balaban J connectivity index is 3.00. The van der Waals surface area contributed by atoms with Crippen LogP contribution in [0.4, 0.5) is 0 Å². The number of likely N-dealkylation sites (N-methyl/N-ethyl adjacent to an activating group) is 1. The van der Waals surface area contributed by atoms with Gasteiger partial charge in [-0.05, 0) is 33.3 Å². The number of H-pyrrole nitrogens is 1. The predicted molar refractivity (Wildman–Crippen MR) is 84.7 cm³/mol. The summed E-state index contributed by atoms with van der Waals surface area (Å²) in [7, 11) is 1.43. The number of esters is 1. The summed E-state index contributed by atoms with van der Waals surface area (Å²) in [6, 6.07) is 0. The van der Waals surface area contributed by atoms with Gasteiger partial charge in [-0.1, -0.05) is 0 Å². The molecule has 0 saturated heterocycles. The number of ether oxygens (including phenoxy) is 2. The SMILES string of the molecule is CCOC(=O)c1[nH]c(C)c(C(=O)CN(CC)C(=O)COC)c1C. The molecule has 0 bridgehead atoms. The van der Waals surface area contributed by atoms with Gasteiger partial charge in [-0.3, -0.25) is 9.59 Å². The third kappa shape index (κ3) is 4.41. The molecule has 1 N–H and O–H groups in total. The van der Waals surface area contributed by atoms with Gasteiger partial charge in [0.1, 0.15) is 12.3 Å². The molecule has 1 aromatic heterocycles. The van der Waals surface area contributed by atoms with E-state index in [1.54, 1.807) is 27.7 Å². The number of carbonyl (C=O) groups excluding carboxylic acids is 3. The first-order valence-electron chi connectivity index (χ1n) is 7.53. The number of carbonyl (C=O) groups is 3. The second-order valence-corrected chi connectivity index (χ2v) is 5.11. The van der Waals surface area contributed by atoms with Crippen LogP contribution in [0.25, 0.3) is 0 Å². The van der Waals surface area contributed by atoms with E-state index < -0.39 is 5.97 Å². The van der Waals surface area contributed by atoms with Crippen LogP contribution >= 0.6 is 0 Å². The first kappa shape index (κ1) is 18.9. The lowest BCUT2D eigenvalue weighted by molar-refractivity contribution is -0.134. The quantitative estimate of drug-likeness (QED) is 0.578. The third-order valence-corrected chi connectivity index (χ3v) is 3.53. The zero-order valence-electron chi connectivity index (χ0n) is 14.3. The maximum absolute atomic E-state index is 12.6. The van der Waals surface area contributed by atoms with Crippen molar-refractivity contribution in [2.24, 2.45) is 0 Å². The van der Waals surface area contributed by atoms with Crippen molar-refractivity contribution in [3.8, 4) is 0 Å². The number of ketones is 1. The number of methoxy groups -OCH3 is 1. The minimum Gasteiger partial charge on any atom is -0.461 e. The van der Waals surface area contributed by atoms with Crippen molar-refractivity contribution in [2.45, 2.75) is 27.7 Å². The molecule has 23 heavy (non-hydrogen) atoms. The Morgan fingerprint density at radius 1 is 1.17 bits per heavy atom. The van der Waals surface area contributed by atoms with Crippen molar-refractivity contribution in [2.75, 3.05) is 33.4 Å². The Morgan fingerprint density at radius 3 is 2.35 bits per heavy atom. The summed E-state index contributed by atoms with van der Waals surface area (Å²) in [6.07, 6.45) is 0. The fraction of sp³-hybridized carbons (Fsp3) is 0.562. The maximum atomic E-state index is 12.6. The lowest BCUT2D eigenvalue weighted by atomic mass is 10.1. The van der Waals surface area contributed by atoms with E-state index in [2.05, 4.69) is 4.98 Å². The molecule has 0 atom stereocenters. The number of aromatic amines is 1. The fourth-order valence-corrected chi connectivity index (χ4v) is 2.42. The summed E-state index contributed by atoms with van der Waals surface area (Å²) in [4.78, 5) is 40.6. The van der Waals surface area contributed by atoms with Gasteiger partial charge in [0.05, 0.1) is 13.2 Å². The van der Waals surface area contributed by atoms with Crippen molar-refractivity contribution in [3.63, 3.8) is 0 Å². The summed E-state index contributed by atoms with van der Waals surface area (Å²) in [5, 5.41) is 0. The van der Waals surface area contributed by atoms with Crippen molar-refractivity contribution >= 4 is 17.7 Å². The zero-order valence-corrected chi connectivity index (χ0v) is 14.3. The summed E-state index contributed by atoms with van der Waals surface area (Å²) in [6.45, 7) is 7.46. The van der Waals surface area contributed by atoms with Crippen LogP contribution in [0, 0.1) is 13.8 Å². The molecule has 1 aromatic rings. The lowest BCUT2D eigenvalue weighted by Crippen LogP contribution is -2.38. The molecule has 1 heterocycles. The van der Waals surface area contributed by atoms with Crippen LogP contribution in [0.5, 0.6) is 0 Å². The predicted octanol–water partition coefficient (Wildman–Crippen LogP) is 1.49. The molecular formula is C16H24N2O5. The van der Waals surface area contributed by atoms with Gasteiger partial charge in [-0.15, -0.1) is 0 Å². The number of aryl methyl sites for hydroxylation is 1. The van der Waals surface area contributed by atoms with E-state index >= 15 is 0 Å². The smallest absolute Gasteiger partial charge is 0.355 e. The Bertz CT molecular complexity index is 592. The van der Waals surface area contributed by atoms with Crippen molar-refractivity contribution < 1.29 is 23.9 Å². The van der Waals surface area contributed by atoms with Gasteiger partial charge in [-0.25, -0.2) is 4.79 Å². The molecule has 0 unspecified atom stereocenters. The van der Waals surface area contributed by atoms with E-state index in [1.165, 1.54) is 12.0 Å². The highest BCUT2D eigenvalue weighted by atomic mass is 16.5. The number of nitrogens with one attached hydrogen (secondary N) is 1. The van der Waals surface area contributed by atoms with Crippen LogP contribution < -0.4 is 0 Å². The monoisotopic (exact) mass is 324 g/mol. The lowest BCUT2D eigenvalue weighted by Gasteiger charge is -2.19. The average Bonchev–Trinajstić information content (AvgIpc) is 2.80. The van der Waals surface area contributed by atoms with Crippen LogP contribution in [-0.2, 0) is 14.3 Å². The topological polar surface area (TPSA) is 88.7 Å². The molecule has 1 rings (SSSR count). The van der Waals surface area contributed by atoms with E-state index in [1.807, 2.05) is 0 Å². The second kappa shape index (κ2) is 8.47. The standard InChI is InChI=1S/C16H24N2O5/c1-6-18(13(20)9-22-5)8-12(19)14-10(3)15(17-11(14)4)16(21)23-7-2/h17H,6-9H2,1-5H3. The molecule has 0 aliphatic carbocycles. The molecule has 0 fully saturated rings. The van der Waals surface area contributed by atoms with Crippen LogP contribution in [0.3, 0.4) is 0 Å². The molecular weight excluding hydrogens is 300 g/mol. The largest absolute Gasteiger partial charge is 0.461 e. The zero-order chi connectivity index (χ0) is 17.6. The van der Waals surface area contributed by atoms with Crippen LogP contribution in [0.1, 0.15) is 46.0 Å². The summed E-state index contributed by atoms with van der Waals surface area (Å²) in [5.41, 5.74) is 1.84. The maximum Gasteiger partial charge on any atom is 0.355 e. The van der Waals surface area contributed by atoms with Crippen molar-refractivity contribution in [1.82, 2.24) is 9.88 Å². The van der Waals surface area contributed by atoms with E-state index in [4.69, 9.17) is 9.47 Å². The number of Topliss-reactive ketones (excluding diaryl/α,β-unsaturated/α-hetero) is 1. The fourth-order valence-electron chi connectivity index (χ4n) is 2.42. The number of nitrogens with zero attached hydrogens (tertiary/aromatic N) is 1. The Hall–Kier alpha value is -2.15. The highest BCUT2D eigenvalue weighted by molar-refractivity contribution is 6.04. The molecule has 0 radical (unpaired) electrons. The van der Waals surface area contributed by atoms with Gasteiger partial charge < -0.3 is 19.4 Å². The van der Waals surface area contributed by atoms with Crippen molar-refractivity contribution in [1.29, 1.82) is 0 Å². The average molecular weight is 324 g/mol. The Morgan fingerprint density at radius 2 is 1.83 bits per heavy atom. The number of aromatic nitrogens is 1. The van der Waals surface area contributed by atoms with Crippen molar-refractivity contribution in [3.05, 3.63) is 22.5 Å². The van der Waals surface area contributed by atoms with Gasteiger partial charge in [0.15, 0.2) is 5.78 Å². The van der Waals surface area contributed by atoms with E-state index in [9.17, 15) is 14.4 Å². The molecule has 7 nitrogen and oxygen atoms in total. The Labute approximate surface area is 135 Å². The van der Waals surface area contributed by atoms with Gasteiger partial charge in [0, 0.05) is 24.9 Å². The van der Waals surface area contributed by atoms with Crippen LogP contribution in [0.2, 0.25) is 0 Å². The number of amides is 1. The normalized spacial score (nSPS) is 10.5. The first-order chi connectivity index (χ1) is 10.9. The van der Waals surface area contributed by atoms with Crippen LogP contribution in [-0.4, -0.2) is 61.0 Å². The highest BCUT2D eigenvalue weighted by Crippen LogP contribution is 2.20. The van der Waals surface area contributed by atoms with Gasteiger partial charge >= 0.3 is 5.97 Å². The second-order valence-electron chi connectivity index (χ2n) is 5.11. The molecule has 0 aliphatic rings.